The lowest BCUT2D eigenvalue weighted by atomic mass is 9.86. The van der Waals surface area contributed by atoms with E-state index in [1.165, 1.54) is 0 Å². The molecule has 0 saturated carbocycles. The molecule has 0 atom stereocenters. The van der Waals surface area contributed by atoms with Crippen molar-refractivity contribution in [1.82, 2.24) is 9.88 Å². The lowest BCUT2D eigenvalue weighted by molar-refractivity contribution is -0.139. The largest absolute Gasteiger partial charge is 0.481 e. The zero-order valence-electron chi connectivity index (χ0n) is 14.3. The van der Waals surface area contributed by atoms with Crippen molar-refractivity contribution in [3.63, 3.8) is 0 Å². The Kier molecular flexibility index (Phi) is 5.14. The van der Waals surface area contributed by atoms with Crippen LogP contribution in [0, 0.1) is 13.8 Å². The minimum Gasteiger partial charge on any atom is -0.481 e. The van der Waals surface area contributed by atoms with Crippen molar-refractivity contribution in [3.8, 4) is 0 Å². The van der Waals surface area contributed by atoms with Crippen molar-refractivity contribution < 1.29 is 19.4 Å². The van der Waals surface area contributed by atoms with Crippen molar-refractivity contribution in [2.45, 2.75) is 58.5 Å². The Morgan fingerprint density at radius 3 is 2.43 bits per heavy atom. The van der Waals surface area contributed by atoms with Gasteiger partial charge in [-0.3, -0.25) is 9.59 Å². The van der Waals surface area contributed by atoms with Gasteiger partial charge in [0, 0.05) is 30.6 Å². The maximum Gasteiger partial charge on any atom is 0.305 e. The van der Waals surface area contributed by atoms with Crippen LogP contribution in [0.2, 0.25) is 0 Å². The van der Waals surface area contributed by atoms with E-state index in [1.54, 1.807) is 0 Å². The molecule has 1 aromatic rings. The number of nitrogens with zero attached hydrogens (tertiary/aromatic N) is 1. The molecule has 1 aliphatic heterocycles. The molecule has 1 saturated heterocycles. The molecule has 2 heterocycles. The average molecular weight is 322 g/mol. The molecule has 0 aliphatic carbocycles. The number of aliphatic carboxylic acids is 1. The van der Waals surface area contributed by atoms with E-state index >= 15 is 0 Å². The normalized spacial score (nSPS) is 17.3. The van der Waals surface area contributed by atoms with E-state index in [-0.39, 0.29) is 18.4 Å². The summed E-state index contributed by atoms with van der Waals surface area (Å²) in [7, 11) is 0. The third-order valence-electron chi connectivity index (χ3n) is 4.56. The number of amides is 1. The Balaban J connectivity index is 2.25. The molecule has 6 heteroatoms. The van der Waals surface area contributed by atoms with Crippen LogP contribution in [0.1, 0.15) is 60.9 Å². The van der Waals surface area contributed by atoms with E-state index < -0.39 is 11.5 Å². The van der Waals surface area contributed by atoms with Gasteiger partial charge in [0.15, 0.2) is 0 Å². The molecule has 0 spiro atoms. The first-order chi connectivity index (χ1) is 10.8. The van der Waals surface area contributed by atoms with Crippen LogP contribution in [0.25, 0.3) is 0 Å². The summed E-state index contributed by atoms with van der Waals surface area (Å²) in [6.07, 6.45) is 0.965. The first-order valence-corrected chi connectivity index (χ1v) is 8.06. The van der Waals surface area contributed by atoms with Crippen LogP contribution in [0.5, 0.6) is 0 Å². The maximum atomic E-state index is 12.8. The van der Waals surface area contributed by atoms with Gasteiger partial charge in [-0.05, 0) is 46.6 Å². The van der Waals surface area contributed by atoms with Crippen LogP contribution in [0.3, 0.4) is 0 Å². The van der Waals surface area contributed by atoms with Crippen LogP contribution in [0.15, 0.2) is 6.07 Å². The SMILES string of the molecule is Cc1cc(C(=O)NC2(CC(=O)O)CCOCC2)c(C)n1C(C)C. The molecule has 0 bridgehead atoms. The first-order valence-electron chi connectivity index (χ1n) is 8.06. The fourth-order valence-electron chi connectivity index (χ4n) is 3.51. The number of carbonyl (C=O) groups excluding carboxylic acids is 1. The van der Waals surface area contributed by atoms with Crippen LogP contribution in [-0.4, -0.2) is 40.3 Å². The Bertz CT molecular complexity index is 598. The van der Waals surface area contributed by atoms with Crippen molar-refractivity contribution in [2.75, 3.05) is 13.2 Å². The number of carbonyl (C=O) groups is 2. The highest BCUT2D eigenvalue weighted by Crippen LogP contribution is 2.27. The summed E-state index contributed by atoms with van der Waals surface area (Å²) < 4.78 is 7.44. The molecule has 0 aromatic carbocycles. The van der Waals surface area contributed by atoms with Crippen LogP contribution in [-0.2, 0) is 9.53 Å². The Morgan fingerprint density at radius 2 is 1.96 bits per heavy atom. The Labute approximate surface area is 136 Å². The first kappa shape index (κ1) is 17.5. The smallest absolute Gasteiger partial charge is 0.305 e. The fraction of sp³-hybridized carbons (Fsp3) is 0.647. The van der Waals surface area contributed by atoms with Gasteiger partial charge in [0.25, 0.3) is 5.91 Å². The van der Waals surface area contributed by atoms with Crippen LogP contribution in [0.4, 0.5) is 0 Å². The van der Waals surface area contributed by atoms with Crippen molar-refractivity contribution in [2.24, 2.45) is 0 Å². The van der Waals surface area contributed by atoms with Gasteiger partial charge < -0.3 is 19.7 Å². The summed E-state index contributed by atoms with van der Waals surface area (Å²) in [5.74, 6) is -1.10. The molecule has 0 radical (unpaired) electrons. The second-order valence-electron chi connectivity index (χ2n) is 6.67. The summed E-state index contributed by atoms with van der Waals surface area (Å²) >= 11 is 0. The number of aryl methyl sites for hydroxylation is 1. The van der Waals surface area contributed by atoms with Crippen molar-refractivity contribution in [1.29, 1.82) is 0 Å². The molecule has 2 N–H and O–H groups in total. The molecule has 1 fully saturated rings. The maximum absolute atomic E-state index is 12.8. The number of nitrogens with one attached hydrogen (secondary N) is 1. The topological polar surface area (TPSA) is 80.6 Å². The molecule has 6 nitrogen and oxygen atoms in total. The van der Waals surface area contributed by atoms with Gasteiger partial charge in [-0.25, -0.2) is 0 Å². The highest BCUT2D eigenvalue weighted by Gasteiger charge is 2.37. The highest BCUT2D eigenvalue weighted by atomic mass is 16.5. The van der Waals surface area contributed by atoms with Crippen molar-refractivity contribution >= 4 is 11.9 Å². The number of carboxylic acids is 1. The summed E-state index contributed by atoms with van der Waals surface area (Å²) in [4.78, 5) is 24.0. The van der Waals surface area contributed by atoms with Crippen LogP contribution >= 0.6 is 0 Å². The molecule has 23 heavy (non-hydrogen) atoms. The predicted octanol–water partition coefficient (Wildman–Crippen LogP) is 2.44. The predicted molar refractivity (Wildman–Crippen MR) is 86.8 cm³/mol. The molecule has 0 unspecified atom stereocenters. The summed E-state index contributed by atoms with van der Waals surface area (Å²) in [5, 5.41) is 12.2. The Hall–Kier alpha value is -1.82. The molecular weight excluding hydrogens is 296 g/mol. The number of ether oxygens (including phenoxy) is 1. The van der Waals surface area contributed by atoms with E-state index in [9.17, 15) is 14.7 Å². The standard InChI is InChI=1S/C17H26N2O4/c1-11(2)19-12(3)9-14(13(19)4)16(22)18-17(10-15(20)21)5-7-23-8-6-17/h9,11H,5-8,10H2,1-4H3,(H,18,22)(H,20,21). The zero-order chi connectivity index (χ0) is 17.2. The van der Waals surface area contributed by atoms with Gasteiger partial charge in [-0.2, -0.15) is 0 Å². The van der Waals surface area contributed by atoms with Gasteiger partial charge in [-0.1, -0.05) is 0 Å². The number of hydrogen-bond acceptors (Lipinski definition) is 3. The fourth-order valence-corrected chi connectivity index (χ4v) is 3.51. The minimum absolute atomic E-state index is 0.0784. The molecule has 1 amide bonds. The van der Waals surface area contributed by atoms with Gasteiger partial charge in [0.2, 0.25) is 0 Å². The second-order valence-corrected chi connectivity index (χ2v) is 6.67. The molecule has 1 aliphatic rings. The van der Waals surface area contributed by atoms with E-state index in [0.29, 0.717) is 31.6 Å². The summed E-state index contributed by atoms with van der Waals surface area (Å²) in [5.41, 5.74) is 1.84. The van der Waals surface area contributed by atoms with E-state index in [2.05, 4.69) is 23.7 Å². The number of carboxylic acid groups (broad SMARTS) is 1. The molecular formula is C17H26N2O4. The third kappa shape index (κ3) is 3.75. The van der Waals surface area contributed by atoms with E-state index in [4.69, 9.17) is 4.74 Å². The van der Waals surface area contributed by atoms with Gasteiger partial charge in [0.05, 0.1) is 17.5 Å². The summed E-state index contributed by atoms with van der Waals surface area (Å²) in [6, 6.07) is 2.14. The van der Waals surface area contributed by atoms with Crippen LogP contribution < -0.4 is 5.32 Å². The van der Waals surface area contributed by atoms with Crippen molar-refractivity contribution in [3.05, 3.63) is 23.0 Å². The van der Waals surface area contributed by atoms with E-state index in [0.717, 1.165) is 11.4 Å². The molecule has 2 rings (SSSR count). The van der Waals surface area contributed by atoms with Gasteiger partial charge in [0.1, 0.15) is 0 Å². The third-order valence-corrected chi connectivity index (χ3v) is 4.56. The van der Waals surface area contributed by atoms with E-state index in [1.807, 2.05) is 19.9 Å². The quantitative estimate of drug-likeness (QED) is 0.872. The highest BCUT2D eigenvalue weighted by molar-refractivity contribution is 5.96. The van der Waals surface area contributed by atoms with Gasteiger partial charge >= 0.3 is 5.97 Å². The zero-order valence-corrected chi connectivity index (χ0v) is 14.3. The molecule has 1 aromatic heterocycles. The average Bonchev–Trinajstić information content (AvgIpc) is 2.73. The lowest BCUT2D eigenvalue weighted by Crippen LogP contribution is -2.53. The monoisotopic (exact) mass is 322 g/mol. The minimum atomic E-state index is -0.903. The summed E-state index contributed by atoms with van der Waals surface area (Å²) in [6.45, 7) is 9.00. The molecule has 128 valence electrons. The Morgan fingerprint density at radius 1 is 1.35 bits per heavy atom. The second kappa shape index (κ2) is 6.74. The van der Waals surface area contributed by atoms with Gasteiger partial charge in [-0.15, -0.1) is 0 Å². The number of rotatable bonds is 5. The number of aromatic nitrogens is 1. The number of hydrogen-bond donors (Lipinski definition) is 2. The lowest BCUT2D eigenvalue weighted by Gasteiger charge is -2.36.